The van der Waals surface area contributed by atoms with E-state index in [-0.39, 0.29) is 5.60 Å². The van der Waals surface area contributed by atoms with Gasteiger partial charge < -0.3 is 19.5 Å². The second-order valence-electron chi connectivity index (χ2n) is 9.10. The van der Waals surface area contributed by atoms with Gasteiger partial charge in [0, 0.05) is 70.6 Å². The van der Waals surface area contributed by atoms with E-state index in [9.17, 15) is 26.3 Å². The first kappa shape index (κ1) is 32.0. The van der Waals surface area contributed by atoms with Crippen LogP contribution in [0.1, 0.15) is 24.1 Å². The third-order valence-electron chi connectivity index (χ3n) is 6.15. The second-order valence-corrected chi connectivity index (χ2v) is 9.10. The molecule has 9 nitrogen and oxygen atoms in total. The topological polar surface area (TPSA) is 108 Å². The Morgan fingerprint density at radius 3 is 2.00 bits per heavy atom. The molecule has 2 aromatic heterocycles. The molecule has 0 amide bonds. The molecule has 1 spiro atoms. The Kier molecular flexibility index (Phi) is 11.3. The standard InChI is InChI=1S/C20H28N4O.2C2HF3O2/c1-22-9-3-5-19(22)16-23-10-6-20(7-11-23)17-24(12-13-25-20)15-18-4-2-8-21-14-18;2*3-2(4,5)1(6)7/h2-5,8-9,14H,6-7,10-13,15-17H2,1H3;2*(H,6,7). The smallest absolute Gasteiger partial charge is 0.475 e. The first-order valence-corrected chi connectivity index (χ1v) is 11.8. The molecule has 0 unspecified atom stereocenters. The van der Waals surface area contributed by atoms with Crippen LogP contribution >= 0.6 is 0 Å². The summed E-state index contributed by atoms with van der Waals surface area (Å²) in [5, 5.41) is 14.2. The number of pyridine rings is 1. The lowest BCUT2D eigenvalue weighted by molar-refractivity contribution is -0.193. The largest absolute Gasteiger partial charge is 0.490 e. The highest BCUT2D eigenvalue weighted by atomic mass is 19.4. The van der Waals surface area contributed by atoms with Gasteiger partial charge in [0.15, 0.2) is 0 Å². The monoisotopic (exact) mass is 568 g/mol. The number of carbonyl (C=O) groups is 2. The Hall–Kier alpha value is -3.17. The van der Waals surface area contributed by atoms with E-state index < -0.39 is 24.3 Å². The molecule has 0 radical (unpaired) electrons. The lowest BCUT2D eigenvalue weighted by Gasteiger charge is -2.47. The summed E-state index contributed by atoms with van der Waals surface area (Å²) >= 11 is 0. The molecule has 0 aromatic carbocycles. The van der Waals surface area contributed by atoms with E-state index in [2.05, 4.69) is 50.8 Å². The molecule has 2 N–H and O–H groups in total. The minimum Gasteiger partial charge on any atom is -0.475 e. The van der Waals surface area contributed by atoms with Gasteiger partial charge in [-0.25, -0.2) is 9.59 Å². The molecule has 218 valence electrons. The summed E-state index contributed by atoms with van der Waals surface area (Å²) in [6, 6.07) is 8.53. The van der Waals surface area contributed by atoms with Crippen LogP contribution in [0.2, 0.25) is 0 Å². The van der Waals surface area contributed by atoms with Crippen LogP contribution < -0.4 is 0 Å². The van der Waals surface area contributed by atoms with E-state index in [1.54, 1.807) is 0 Å². The van der Waals surface area contributed by atoms with Gasteiger partial charge in [0.05, 0.1) is 12.2 Å². The van der Waals surface area contributed by atoms with Crippen LogP contribution in [0.4, 0.5) is 26.3 Å². The molecule has 4 heterocycles. The molecule has 0 aliphatic carbocycles. The van der Waals surface area contributed by atoms with E-state index in [1.807, 2.05) is 18.5 Å². The first-order valence-electron chi connectivity index (χ1n) is 11.8. The number of ether oxygens (including phenoxy) is 1. The molecule has 4 rings (SSSR count). The Balaban J connectivity index is 0.000000317. The van der Waals surface area contributed by atoms with Crippen molar-refractivity contribution >= 4 is 11.9 Å². The number of morpholine rings is 1. The summed E-state index contributed by atoms with van der Waals surface area (Å²) in [4.78, 5) is 27.1. The van der Waals surface area contributed by atoms with Crippen LogP contribution in [-0.2, 0) is 34.5 Å². The maximum Gasteiger partial charge on any atom is 0.490 e. The molecular weight excluding hydrogens is 538 g/mol. The Labute approximate surface area is 220 Å². The van der Waals surface area contributed by atoms with Crippen LogP contribution in [0.5, 0.6) is 0 Å². The van der Waals surface area contributed by atoms with Crippen molar-refractivity contribution in [2.24, 2.45) is 7.05 Å². The zero-order valence-electron chi connectivity index (χ0n) is 21.1. The number of alkyl halides is 6. The fourth-order valence-corrected chi connectivity index (χ4v) is 4.12. The molecule has 0 atom stereocenters. The normalized spacial score (nSPS) is 17.9. The Bertz CT molecular complexity index is 1030. The van der Waals surface area contributed by atoms with Crippen molar-refractivity contribution in [1.82, 2.24) is 19.4 Å². The van der Waals surface area contributed by atoms with Gasteiger partial charge in [-0.15, -0.1) is 0 Å². The van der Waals surface area contributed by atoms with Gasteiger partial charge in [0.25, 0.3) is 0 Å². The minimum absolute atomic E-state index is 0.0468. The predicted octanol–water partition coefficient (Wildman–Crippen LogP) is 3.55. The maximum atomic E-state index is 10.6. The van der Waals surface area contributed by atoms with Gasteiger partial charge in [-0.2, -0.15) is 26.3 Å². The third-order valence-corrected chi connectivity index (χ3v) is 6.15. The number of nitrogens with zero attached hydrogens (tertiary/aromatic N) is 4. The first-order chi connectivity index (χ1) is 18.1. The number of carboxylic acids is 2. The highest BCUT2D eigenvalue weighted by molar-refractivity contribution is 5.73. The van der Waals surface area contributed by atoms with Gasteiger partial charge >= 0.3 is 24.3 Å². The number of rotatable bonds is 4. The average Bonchev–Trinajstić information content (AvgIpc) is 3.25. The molecule has 2 aliphatic rings. The van der Waals surface area contributed by atoms with Gasteiger partial charge in [-0.1, -0.05) is 6.07 Å². The molecule has 2 aromatic rings. The lowest BCUT2D eigenvalue weighted by atomic mass is 9.89. The predicted molar refractivity (Wildman–Crippen MR) is 126 cm³/mol. The Morgan fingerprint density at radius 1 is 0.949 bits per heavy atom. The van der Waals surface area contributed by atoms with Crippen LogP contribution in [-0.4, -0.2) is 92.2 Å². The minimum atomic E-state index is -5.08. The number of aryl methyl sites for hydroxylation is 1. The van der Waals surface area contributed by atoms with Crippen molar-refractivity contribution in [3.63, 3.8) is 0 Å². The van der Waals surface area contributed by atoms with E-state index in [0.29, 0.717) is 0 Å². The fourth-order valence-electron chi connectivity index (χ4n) is 4.12. The Morgan fingerprint density at radius 2 is 1.54 bits per heavy atom. The van der Waals surface area contributed by atoms with Gasteiger partial charge in [-0.05, 0) is 36.6 Å². The lowest BCUT2D eigenvalue weighted by Crippen LogP contribution is -2.56. The van der Waals surface area contributed by atoms with Gasteiger partial charge in [-0.3, -0.25) is 14.8 Å². The number of halogens is 6. The summed E-state index contributed by atoms with van der Waals surface area (Å²) < 4.78 is 72.0. The highest BCUT2D eigenvalue weighted by Crippen LogP contribution is 2.31. The molecular formula is C24H30F6N4O5. The molecule has 39 heavy (non-hydrogen) atoms. The fraction of sp³-hybridized carbons (Fsp3) is 0.542. The van der Waals surface area contributed by atoms with Crippen molar-refractivity contribution in [2.45, 2.75) is 43.9 Å². The van der Waals surface area contributed by atoms with Crippen molar-refractivity contribution in [2.75, 3.05) is 32.8 Å². The number of hydrogen-bond acceptors (Lipinski definition) is 6. The highest BCUT2D eigenvalue weighted by Gasteiger charge is 2.40. The third kappa shape index (κ3) is 10.8. The number of piperidine rings is 1. The van der Waals surface area contributed by atoms with Crippen LogP contribution in [0.3, 0.4) is 0 Å². The van der Waals surface area contributed by atoms with Gasteiger partial charge in [0.2, 0.25) is 0 Å². The molecule has 0 bridgehead atoms. The summed E-state index contributed by atoms with van der Waals surface area (Å²) in [6.07, 6.45) is -1.97. The maximum absolute atomic E-state index is 10.6. The average molecular weight is 569 g/mol. The van der Waals surface area contributed by atoms with Crippen molar-refractivity contribution < 1.29 is 50.9 Å². The summed E-state index contributed by atoms with van der Waals surface area (Å²) in [6.45, 7) is 7.16. The van der Waals surface area contributed by atoms with E-state index in [4.69, 9.17) is 24.5 Å². The van der Waals surface area contributed by atoms with E-state index in [0.717, 1.165) is 58.7 Å². The van der Waals surface area contributed by atoms with Crippen LogP contribution in [0, 0.1) is 0 Å². The number of hydrogen-bond donors (Lipinski definition) is 2. The summed E-state index contributed by atoms with van der Waals surface area (Å²) in [5.41, 5.74) is 2.73. The van der Waals surface area contributed by atoms with Crippen LogP contribution in [0.15, 0.2) is 42.9 Å². The number of carboxylic acid groups (broad SMARTS) is 2. The zero-order valence-corrected chi connectivity index (χ0v) is 21.1. The van der Waals surface area contributed by atoms with Crippen LogP contribution in [0.25, 0.3) is 0 Å². The molecule has 15 heteroatoms. The number of likely N-dealkylation sites (tertiary alicyclic amines) is 1. The van der Waals surface area contributed by atoms with Crippen molar-refractivity contribution in [3.8, 4) is 0 Å². The number of aromatic nitrogens is 2. The summed E-state index contributed by atoms with van der Waals surface area (Å²) in [7, 11) is 2.13. The molecule has 2 fully saturated rings. The van der Waals surface area contributed by atoms with E-state index in [1.165, 1.54) is 11.3 Å². The second kappa shape index (κ2) is 13.8. The zero-order chi connectivity index (χ0) is 29.3. The molecule has 2 aliphatic heterocycles. The molecule has 0 saturated carbocycles. The van der Waals surface area contributed by atoms with Crippen molar-refractivity contribution in [3.05, 3.63) is 54.1 Å². The summed E-state index contributed by atoms with van der Waals surface area (Å²) in [5.74, 6) is -5.51. The van der Waals surface area contributed by atoms with Gasteiger partial charge in [0.1, 0.15) is 0 Å². The van der Waals surface area contributed by atoms with E-state index >= 15 is 0 Å². The number of aliphatic carboxylic acids is 2. The SMILES string of the molecule is Cn1cccc1CN1CCC2(CC1)CN(Cc1cccnc1)CCO2.O=C(O)C(F)(F)F.O=C(O)C(F)(F)F. The molecule has 2 saturated heterocycles. The quantitative estimate of drug-likeness (QED) is 0.540. The van der Waals surface area contributed by atoms with Crippen molar-refractivity contribution in [1.29, 1.82) is 0 Å².